The summed E-state index contributed by atoms with van der Waals surface area (Å²) in [4.78, 5) is 13.7. The summed E-state index contributed by atoms with van der Waals surface area (Å²) in [6.07, 6.45) is 2.96. The minimum atomic E-state index is -0.121. The Bertz CT molecular complexity index is 507. The van der Waals surface area contributed by atoms with Gasteiger partial charge in [-0.05, 0) is 38.3 Å². The number of ketones is 1. The Hall–Kier alpha value is -1.53. The van der Waals surface area contributed by atoms with Gasteiger partial charge in [0, 0.05) is 6.54 Å². The molecule has 0 bridgehead atoms. The number of rotatable bonds is 2. The first kappa shape index (κ1) is 12.9. The molecule has 2 rings (SSSR count). The average molecular weight is 263 g/mol. The van der Waals surface area contributed by atoms with E-state index < -0.39 is 0 Å². The quantitative estimate of drug-likeness (QED) is 0.822. The molecular weight excluding hydrogens is 248 g/mol. The number of benzene rings is 1. The predicted octanol–water partition coefficient (Wildman–Crippen LogP) is 3.16. The highest BCUT2D eigenvalue weighted by Crippen LogP contribution is 2.31. The van der Waals surface area contributed by atoms with Crippen LogP contribution in [-0.4, -0.2) is 18.4 Å². The summed E-state index contributed by atoms with van der Waals surface area (Å²) in [5, 5.41) is 9.66. The van der Waals surface area contributed by atoms with Crippen molar-refractivity contribution in [3.8, 4) is 6.07 Å². The zero-order chi connectivity index (χ0) is 13.1. The highest BCUT2D eigenvalue weighted by molar-refractivity contribution is 6.32. The first-order chi connectivity index (χ1) is 8.65. The van der Waals surface area contributed by atoms with Gasteiger partial charge < -0.3 is 4.90 Å². The van der Waals surface area contributed by atoms with E-state index in [2.05, 4.69) is 6.07 Å². The molecule has 1 fully saturated rings. The van der Waals surface area contributed by atoms with Crippen LogP contribution in [0.4, 0.5) is 5.69 Å². The van der Waals surface area contributed by atoms with Gasteiger partial charge in [0.2, 0.25) is 0 Å². The normalized spacial score (nSPS) is 19.4. The lowest BCUT2D eigenvalue weighted by molar-refractivity contribution is -0.118. The molecule has 4 heteroatoms. The number of anilines is 1. The van der Waals surface area contributed by atoms with Crippen LogP contribution < -0.4 is 4.90 Å². The molecule has 1 atom stereocenters. The molecule has 0 N–H and O–H groups in total. The highest BCUT2D eigenvalue weighted by atomic mass is 35.5. The Labute approximate surface area is 112 Å². The highest BCUT2D eigenvalue weighted by Gasteiger charge is 2.28. The monoisotopic (exact) mass is 262 g/mol. The van der Waals surface area contributed by atoms with Crippen molar-refractivity contribution >= 4 is 23.1 Å². The van der Waals surface area contributed by atoms with Crippen LogP contribution in [0.1, 0.15) is 31.7 Å². The Morgan fingerprint density at radius 2 is 2.28 bits per heavy atom. The summed E-state index contributed by atoms with van der Waals surface area (Å²) < 4.78 is 0. The van der Waals surface area contributed by atoms with Gasteiger partial charge in [0.1, 0.15) is 6.07 Å². The van der Waals surface area contributed by atoms with Crippen LogP contribution in [0.2, 0.25) is 5.02 Å². The maximum absolute atomic E-state index is 11.7. The minimum Gasteiger partial charge on any atom is -0.360 e. The summed E-state index contributed by atoms with van der Waals surface area (Å²) in [5.74, 6) is 0.151. The molecule has 18 heavy (non-hydrogen) atoms. The van der Waals surface area contributed by atoms with E-state index in [-0.39, 0.29) is 11.8 Å². The molecule has 0 saturated carbocycles. The summed E-state index contributed by atoms with van der Waals surface area (Å²) in [6.45, 7) is 2.42. The van der Waals surface area contributed by atoms with Gasteiger partial charge in [-0.3, -0.25) is 4.79 Å². The summed E-state index contributed by atoms with van der Waals surface area (Å²) >= 11 is 6.04. The fourth-order valence-corrected chi connectivity index (χ4v) is 2.72. The van der Waals surface area contributed by atoms with Crippen LogP contribution in [0.3, 0.4) is 0 Å². The lowest BCUT2D eigenvalue weighted by Gasteiger charge is -2.36. The molecule has 1 aliphatic rings. The third-order valence-corrected chi connectivity index (χ3v) is 3.70. The topological polar surface area (TPSA) is 44.1 Å². The smallest absolute Gasteiger partial charge is 0.152 e. The van der Waals surface area contributed by atoms with Gasteiger partial charge in [0.25, 0.3) is 0 Å². The van der Waals surface area contributed by atoms with E-state index in [4.69, 9.17) is 11.6 Å². The largest absolute Gasteiger partial charge is 0.360 e. The Morgan fingerprint density at radius 3 is 2.94 bits per heavy atom. The minimum absolute atomic E-state index is 0.121. The third-order valence-electron chi connectivity index (χ3n) is 3.38. The fourth-order valence-electron chi connectivity index (χ4n) is 2.51. The van der Waals surface area contributed by atoms with Crippen molar-refractivity contribution in [2.45, 2.75) is 32.2 Å². The second-order valence-electron chi connectivity index (χ2n) is 4.56. The molecule has 0 aliphatic carbocycles. The van der Waals surface area contributed by atoms with Crippen molar-refractivity contribution in [2.75, 3.05) is 11.4 Å². The van der Waals surface area contributed by atoms with Crippen molar-refractivity contribution in [1.29, 1.82) is 5.26 Å². The van der Waals surface area contributed by atoms with Crippen LogP contribution in [0, 0.1) is 11.3 Å². The van der Waals surface area contributed by atoms with Gasteiger partial charge >= 0.3 is 0 Å². The van der Waals surface area contributed by atoms with E-state index in [0.29, 0.717) is 10.6 Å². The molecule has 3 nitrogen and oxygen atoms in total. The van der Waals surface area contributed by atoms with Crippen molar-refractivity contribution in [3.63, 3.8) is 0 Å². The second kappa shape index (κ2) is 5.41. The lowest BCUT2D eigenvalue weighted by Crippen LogP contribution is -2.44. The maximum Gasteiger partial charge on any atom is 0.152 e. The Kier molecular flexibility index (Phi) is 3.88. The molecule has 1 aliphatic heterocycles. The van der Waals surface area contributed by atoms with Gasteiger partial charge in [0.05, 0.1) is 22.3 Å². The number of halogens is 1. The van der Waals surface area contributed by atoms with Gasteiger partial charge in [-0.25, -0.2) is 0 Å². The van der Waals surface area contributed by atoms with Crippen LogP contribution in [-0.2, 0) is 4.79 Å². The molecule has 0 aromatic heterocycles. The summed E-state index contributed by atoms with van der Waals surface area (Å²) in [6, 6.07) is 7.41. The van der Waals surface area contributed by atoms with E-state index in [9.17, 15) is 10.1 Å². The van der Waals surface area contributed by atoms with Gasteiger partial charge in [-0.15, -0.1) is 0 Å². The van der Waals surface area contributed by atoms with Crippen molar-refractivity contribution in [1.82, 2.24) is 0 Å². The van der Waals surface area contributed by atoms with Gasteiger partial charge in [0.15, 0.2) is 5.78 Å². The van der Waals surface area contributed by atoms with Crippen LogP contribution in [0.25, 0.3) is 0 Å². The van der Waals surface area contributed by atoms with E-state index in [1.807, 2.05) is 17.0 Å². The van der Waals surface area contributed by atoms with Crippen LogP contribution >= 0.6 is 11.6 Å². The zero-order valence-corrected chi connectivity index (χ0v) is 11.1. The average Bonchev–Trinajstić information content (AvgIpc) is 2.38. The number of piperidine rings is 1. The molecule has 0 radical (unpaired) electrons. The zero-order valence-electron chi connectivity index (χ0n) is 10.3. The number of nitrogens with zero attached hydrogens (tertiary/aromatic N) is 2. The molecule has 1 aromatic carbocycles. The molecular formula is C14H15ClN2O. The van der Waals surface area contributed by atoms with E-state index >= 15 is 0 Å². The van der Waals surface area contributed by atoms with Crippen molar-refractivity contribution < 1.29 is 4.79 Å². The van der Waals surface area contributed by atoms with Crippen LogP contribution in [0.15, 0.2) is 18.2 Å². The number of carbonyl (C=O) groups is 1. The first-order valence-electron chi connectivity index (χ1n) is 6.11. The molecule has 1 heterocycles. The molecule has 0 amide bonds. The molecule has 1 aromatic rings. The molecule has 0 spiro atoms. The molecule has 94 valence electrons. The fraction of sp³-hybridized carbons (Fsp3) is 0.429. The SMILES string of the molecule is CC(=O)C1CCCCN1c1cccc(Cl)c1C#N. The Balaban J connectivity index is 2.43. The van der Waals surface area contributed by atoms with Gasteiger partial charge in [-0.2, -0.15) is 5.26 Å². The summed E-state index contributed by atoms with van der Waals surface area (Å²) in [5.41, 5.74) is 1.25. The maximum atomic E-state index is 11.7. The lowest BCUT2D eigenvalue weighted by atomic mass is 9.97. The standard InChI is InChI=1S/C14H15ClN2O/c1-10(18)13-6-2-3-8-17(13)14-7-4-5-12(15)11(14)9-16/h4-5,7,13H,2-3,6,8H2,1H3. The van der Waals surface area contributed by atoms with Crippen LogP contribution in [0.5, 0.6) is 0 Å². The van der Waals surface area contributed by atoms with E-state index in [1.165, 1.54) is 0 Å². The number of nitriles is 1. The number of carbonyl (C=O) groups excluding carboxylic acids is 1. The summed E-state index contributed by atoms with van der Waals surface area (Å²) in [7, 11) is 0. The number of hydrogen-bond donors (Lipinski definition) is 0. The van der Waals surface area contributed by atoms with E-state index in [1.54, 1.807) is 13.0 Å². The third kappa shape index (κ3) is 2.34. The first-order valence-corrected chi connectivity index (χ1v) is 6.48. The van der Waals surface area contributed by atoms with Crippen molar-refractivity contribution in [3.05, 3.63) is 28.8 Å². The van der Waals surface area contributed by atoms with E-state index in [0.717, 1.165) is 31.5 Å². The second-order valence-corrected chi connectivity index (χ2v) is 4.97. The number of Topliss-reactive ketones (excluding diaryl/α,β-unsaturated/α-hetero) is 1. The molecule has 1 unspecified atom stereocenters. The predicted molar refractivity (Wildman–Crippen MR) is 71.8 cm³/mol. The van der Waals surface area contributed by atoms with Gasteiger partial charge in [-0.1, -0.05) is 17.7 Å². The van der Waals surface area contributed by atoms with Crippen molar-refractivity contribution in [2.24, 2.45) is 0 Å². The Morgan fingerprint density at radius 1 is 1.50 bits per heavy atom. The molecule has 1 saturated heterocycles. The number of hydrogen-bond acceptors (Lipinski definition) is 3.